The molecule has 1 aromatic carbocycles. The van der Waals surface area contributed by atoms with Crippen molar-refractivity contribution in [2.45, 2.75) is 33.2 Å². The van der Waals surface area contributed by atoms with Crippen LogP contribution in [0, 0.1) is 6.92 Å². The van der Waals surface area contributed by atoms with Gasteiger partial charge in [0.1, 0.15) is 6.04 Å². The fraction of sp³-hybridized carbons (Fsp3) is 0.333. The van der Waals surface area contributed by atoms with E-state index in [2.05, 4.69) is 16.0 Å². The van der Waals surface area contributed by atoms with Crippen LogP contribution in [0.5, 0.6) is 0 Å². The Kier molecular flexibility index (Phi) is 8.16. The minimum atomic E-state index is -0.745. The van der Waals surface area contributed by atoms with Crippen LogP contribution >= 0.6 is 0 Å². The zero-order valence-corrected chi connectivity index (χ0v) is 17.1. The third-order valence-corrected chi connectivity index (χ3v) is 4.12. The second-order valence-electron chi connectivity index (χ2n) is 6.62. The molecule has 0 radical (unpaired) electrons. The van der Waals surface area contributed by atoms with Gasteiger partial charge in [-0.1, -0.05) is 13.0 Å². The second kappa shape index (κ2) is 10.8. The molecule has 0 spiro atoms. The van der Waals surface area contributed by atoms with Gasteiger partial charge >= 0.3 is 5.97 Å². The zero-order chi connectivity index (χ0) is 22.1. The lowest BCUT2D eigenvalue weighted by Gasteiger charge is -2.14. The molecule has 9 nitrogen and oxygen atoms in total. The number of furan rings is 1. The molecule has 3 amide bonds. The number of benzene rings is 1. The summed E-state index contributed by atoms with van der Waals surface area (Å²) in [5, 5.41) is 7.79. The van der Waals surface area contributed by atoms with Crippen molar-refractivity contribution < 1.29 is 28.3 Å². The molecular formula is C21H25N3O6. The quantitative estimate of drug-likeness (QED) is 0.538. The second-order valence-corrected chi connectivity index (χ2v) is 6.62. The molecule has 9 heteroatoms. The molecule has 0 saturated carbocycles. The van der Waals surface area contributed by atoms with E-state index in [1.165, 1.54) is 24.5 Å². The van der Waals surface area contributed by atoms with Crippen LogP contribution in [0.3, 0.4) is 0 Å². The van der Waals surface area contributed by atoms with Gasteiger partial charge in [0.05, 0.1) is 11.8 Å². The van der Waals surface area contributed by atoms with E-state index in [1.54, 1.807) is 26.0 Å². The molecule has 0 saturated heterocycles. The van der Waals surface area contributed by atoms with Crippen LogP contribution in [0.4, 0.5) is 5.69 Å². The first-order chi connectivity index (χ1) is 14.3. The largest absolute Gasteiger partial charge is 0.459 e. The Hall–Kier alpha value is -3.62. The molecule has 0 aliphatic heterocycles. The molecule has 0 unspecified atom stereocenters. The lowest BCUT2D eigenvalue weighted by molar-refractivity contribution is -0.130. The monoisotopic (exact) mass is 415 g/mol. The molecule has 0 aliphatic rings. The highest BCUT2D eigenvalue weighted by molar-refractivity contribution is 6.03. The van der Waals surface area contributed by atoms with Gasteiger partial charge in [-0.25, -0.2) is 4.79 Å². The average Bonchev–Trinajstić information content (AvgIpc) is 3.26. The summed E-state index contributed by atoms with van der Waals surface area (Å²) in [6, 6.07) is 7.00. The first-order valence-corrected chi connectivity index (χ1v) is 9.51. The van der Waals surface area contributed by atoms with Crippen molar-refractivity contribution >= 4 is 29.4 Å². The van der Waals surface area contributed by atoms with E-state index >= 15 is 0 Å². The molecule has 0 bridgehead atoms. The number of anilines is 1. The number of carbonyl (C=O) groups is 4. The molecule has 0 fully saturated rings. The van der Waals surface area contributed by atoms with E-state index in [-0.39, 0.29) is 17.2 Å². The van der Waals surface area contributed by atoms with E-state index in [4.69, 9.17) is 9.15 Å². The Balaban J connectivity index is 1.91. The van der Waals surface area contributed by atoms with Gasteiger partial charge in [0.25, 0.3) is 11.8 Å². The van der Waals surface area contributed by atoms with Gasteiger partial charge in [0.2, 0.25) is 5.91 Å². The maximum Gasteiger partial charge on any atom is 0.338 e. The van der Waals surface area contributed by atoms with Gasteiger partial charge in [0.15, 0.2) is 12.4 Å². The molecule has 2 rings (SSSR count). The first kappa shape index (κ1) is 22.7. The molecular weight excluding hydrogens is 390 g/mol. The molecule has 1 atom stereocenters. The van der Waals surface area contributed by atoms with E-state index < -0.39 is 30.4 Å². The van der Waals surface area contributed by atoms with E-state index in [1.807, 2.05) is 6.92 Å². The summed E-state index contributed by atoms with van der Waals surface area (Å²) in [6.45, 7) is 5.21. The maximum atomic E-state index is 12.3. The molecule has 30 heavy (non-hydrogen) atoms. The number of amides is 3. The topological polar surface area (TPSA) is 127 Å². The average molecular weight is 415 g/mol. The number of hydrogen-bond donors (Lipinski definition) is 3. The predicted molar refractivity (Wildman–Crippen MR) is 109 cm³/mol. The molecule has 2 aromatic rings. The minimum Gasteiger partial charge on any atom is -0.459 e. The highest BCUT2D eigenvalue weighted by atomic mass is 16.5. The number of esters is 1. The normalized spacial score (nSPS) is 11.3. The molecule has 3 N–H and O–H groups in total. The van der Waals surface area contributed by atoms with Crippen LogP contribution in [0.15, 0.2) is 41.0 Å². The van der Waals surface area contributed by atoms with Gasteiger partial charge in [-0.15, -0.1) is 0 Å². The van der Waals surface area contributed by atoms with Crippen molar-refractivity contribution in [2.75, 3.05) is 18.5 Å². The predicted octanol–water partition coefficient (Wildman–Crippen LogP) is 2.03. The summed E-state index contributed by atoms with van der Waals surface area (Å²) >= 11 is 0. The van der Waals surface area contributed by atoms with Gasteiger partial charge in [-0.2, -0.15) is 0 Å². The molecule has 160 valence electrons. The summed E-state index contributed by atoms with van der Waals surface area (Å²) in [5.41, 5.74) is 1.31. The van der Waals surface area contributed by atoms with Gasteiger partial charge in [-0.3, -0.25) is 14.4 Å². The van der Waals surface area contributed by atoms with E-state index in [9.17, 15) is 19.2 Å². The van der Waals surface area contributed by atoms with Gasteiger partial charge in [-0.05, 0) is 50.1 Å². The van der Waals surface area contributed by atoms with Crippen LogP contribution in [0.2, 0.25) is 0 Å². The van der Waals surface area contributed by atoms with Crippen molar-refractivity contribution in [1.29, 1.82) is 0 Å². The Morgan fingerprint density at radius 1 is 1.17 bits per heavy atom. The summed E-state index contributed by atoms with van der Waals surface area (Å²) < 4.78 is 10.1. The van der Waals surface area contributed by atoms with Crippen LogP contribution in [-0.4, -0.2) is 42.9 Å². The van der Waals surface area contributed by atoms with Crippen molar-refractivity contribution in [3.05, 3.63) is 53.5 Å². The number of ether oxygens (including phenoxy) is 1. The summed E-state index contributed by atoms with van der Waals surface area (Å²) in [7, 11) is 0. The summed E-state index contributed by atoms with van der Waals surface area (Å²) in [6.07, 6.45) is 2.17. The standard InChI is InChI=1S/C21H25N3O6/c1-4-9-22-19(26)14(3)23-18(25)12-30-21(28)15-8-7-13(2)16(11-15)24-20(27)17-6-5-10-29-17/h5-8,10-11,14H,4,9,12H2,1-3H3,(H,22,26)(H,23,25)(H,24,27)/t14-/m0/s1. The van der Waals surface area contributed by atoms with Crippen LogP contribution in [0.1, 0.15) is 46.7 Å². The fourth-order valence-electron chi connectivity index (χ4n) is 2.44. The number of hydrogen-bond acceptors (Lipinski definition) is 6. The summed E-state index contributed by atoms with van der Waals surface area (Å²) in [4.78, 5) is 48.1. The van der Waals surface area contributed by atoms with Crippen LogP contribution < -0.4 is 16.0 Å². The number of nitrogens with one attached hydrogen (secondary N) is 3. The highest BCUT2D eigenvalue weighted by Gasteiger charge is 2.18. The Morgan fingerprint density at radius 2 is 1.93 bits per heavy atom. The van der Waals surface area contributed by atoms with Crippen LogP contribution in [-0.2, 0) is 14.3 Å². The van der Waals surface area contributed by atoms with Crippen molar-refractivity contribution in [3.8, 4) is 0 Å². The number of rotatable bonds is 9. The Bertz CT molecular complexity index is 907. The van der Waals surface area contributed by atoms with E-state index in [0.29, 0.717) is 12.2 Å². The maximum absolute atomic E-state index is 12.3. The smallest absolute Gasteiger partial charge is 0.338 e. The van der Waals surface area contributed by atoms with Gasteiger partial charge in [0, 0.05) is 12.2 Å². The number of aryl methyl sites for hydroxylation is 1. The Labute approximate surface area is 174 Å². The lowest BCUT2D eigenvalue weighted by Crippen LogP contribution is -2.46. The molecule has 1 heterocycles. The first-order valence-electron chi connectivity index (χ1n) is 9.51. The SMILES string of the molecule is CCCNC(=O)[C@H](C)NC(=O)COC(=O)c1ccc(C)c(NC(=O)c2ccco2)c1. The molecule has 1 aromatic heterocycles. The Morgan fingerprint density at radius 3 is 2.60 bits per heavy atom. The van der Waals surface area contributed by atoms with Crippen molar-refractivity contribution in [3.63, 3.8) is 0 Å². The zero-order valence-electron chi connectivity index (χ0n) is 17.1. The highest BCUT2D eigenvalue weighted by Crippen LogP contribution is 2.19. The van der Waals surface area contributed by atoms with E-state index in [0.717, 1.165) is 12.0 Å². The third kappa shape index (κ3) is 6.47. The molecule has 0 aliphatic carbocycles. The van der Waals surface area contributed by atoms with Crippen molar-refractivity contribution in [2.24, 2.45) is 0 Å². The minimum absolute atomic E-state index is 0.135. The summed E-state index contributed by atoms with van der Waals surface area (Å²) in [5.74, 6) is -1.96. The van der Waals surface area contributed by atoms with Gasteiger partial charge < -0.3 is 25.1 Å². The van der Waals surface area contributed by atoms with Crippen LogP contribution in [0.25, 0.3) is 0 Å². The number of carbonyl (C=O) groups excluding carboxylic acids is 4. The lowest BCUT2D eigenvalue weighted by atomic mass is 10.1. The van der Waals surface area contributed by atoms with Crippen molar-refractivity contribution in [1.82, 2.24) is 10.6 Å². The fourth-order valence-corrected chi connectivity index (χ4v) is 2.44. The third-order valence-electron chi connectivity index (χ3n) is 4.12.